The molecule has 1 nitrogen and oxygen atoms in total. The summed E-state index contributed by atoms with van der Waals surface area (Å²) in [6.45, 7) is 3.59. The number of rotatable bonds is 1. The summed E-state index contributed by atoms with van der Waals surface area (Å²) in [6, 6.07) is 5.30. The SMILES string of the molecule is C=Cc1cc(Cl)ccc1N. The van der Waals surface area contributed by atoms with Crippen LogP contribution >= 0.6 is 11.6 Å². The summed E-state index contributed by atoms with van der Waals surface area (Å²) in [5, 5.41) is 0.684. The van der Waals surface area contributed by atoms with Crippen molar-refractivity contribution >= 4 is 23.4 Å². The molecule has 2 N–H and O–H groups in total. The van der Waals surface area contributed by atoms with Crippen LogP contribution < -0.4 is 5.73 Å². The van der Waals surface area contributed by atoms with E-state index in [1.165, 1.54) is 0 Å². The molecular weight excluding hydrogens is 146 g/mol. The van der Waals surface area contributed by atoms with Gasteiger partial charge in [0.25, 0.3) is 0 Å². The van der Waals surface area contributed by atoms with Gasteiger partial charge in [0.05, 0.1) is 0 Å². The number of anilines is 1. The lowest BCUT2D eigenvalue weighted by atomic mass is 10.2. The quantitative estimate of drug-likeness (QED) is 0.617. The summed E-state index contributed by atoms with van der Waals surface area (Å²) in [4.78, 5) is 0. The maximum absolute atomic E-state index is 5.69. The molecule has 0 saturated heterocycles. The number of nitrogen functional groups attached to an aromatic ring is 1. The van der Waals surface area contributed by atoms with Gasteiger partial charge in [-0.25, -0.2) is 0 Å². The topological polar surface area (TPSA) is 26.0 Å². The van der Waals surface area contributed by atoms with Crippen LogP contribution in [0.25, 0.3) is 6.08 Å². The van der Waals surface area contributed by atoms with Gasteiger partial charge in [-0.15, -0.1) is 0 Å². The highest BCUT2D eigenvalue weighted by atomic mass is 35.5. The van der Waals surface area contributed by atoms with E-state index in [2.05, 4.69) is 6.58 Å². The molecule has 0 amide bonds. The molecule has 1 rings (SSSR count). The zero-order valence-electron chi connectivity index (χ0n) is 5.47. The third-order valence-electron chi connectivity index (χ3n) is 1.27. The normalized spacial score (nSPS) is 9.30. The zero-order chi connectivity index (χ0) is 7.56. The van der Waals surface area contributed by atoms with Crippen LogP contribution in [0.4, 0.5) is 5.69 Å². The summed E-state index contributed by atoms with van der Waals surface area (Å²) in [5.74, 6) is 0. The first-order chi connectivity index (χ1) is 4.74. The van der Waals surface area contributed by atoms with Crippen LogP contribution in [0, 0.1) is 0 Å². The Labute approximate surface area is 65.1 Å². The number of halogens is 1. The lowest BCUT2D eigenvalue weighted by molar-refractivity contribution is 1.64. The van der Waals surface area contributed by atoms with Gasteiger partial charge in [-0.05, 0) is 23.8 Å². The Kier molecular flexibility index (Phi) is 1.97. The third kappa shape index (κ3) is 1.31. The van der Waals surface area contributed by atoms with Crippen molar-refractivity contribution in [2.45, 2.75) is 0 Å². The van der Waals surface area contributed by atoms with Crippen molar-refractivity contribution in [3.8, 4) is 0 Å². The molecular formula is C8H8ClN. The van der Waals surface area contributed by atoms with E-state index in [1.54, 1.807) is 24.3 Å². The van der Waals surface area contributed by atoms with Gasteiger partial charge in [0.2, 0.25) is 0 Å². The fraction of sp³-hybridized carbons (Fsp3) is 0. The van der Waals surface area contributed by atoms with Crippen LogP contribution in [0.3, 0.4) is 0 Å². The van der Waals surface area contributed by atoms with Gasteiger partial charge in [-0.2, -0.15) is 0 Å². The molecule has 0 aliphatic rings. The van der Waals surface area contributed by atoms with Crippen LogP contribution in [0.2, 0.25) is 5.02 Å². The van der Waals surface area contributed by atoms with Crippen molar-refractivity contribution in [3.05, 3.63) is 35.4 Å². The van der Waals surface area contributed by atoms with E-state index in [-0.39, 0.29) is 0 Å². The molecule has 0 aliphatic heterocycles. The molecule has 1 aromatic rings. The lowest BCUT2D eigenvalue weighted by Gasteiger charge is -1.98. The van der Waals surface area contributed by atoms with Crippen molar-refractivity contribution in [3.63, 3.8) is 0 Å². The predicted octanol–water partition coefficient (Wildman–Crippen LogP) is 2.57. The third-order valence-corrected chi connectivity index (χ3v) is 1.50. The Hall–Kier alpha value is -0.950. The minimum absolute atomic E-state index is 0.684. The first-order valence-electron chi connectivity index (χ1n) is 2.91. The number of hydrogen-bond acceptors (Lipinski definition) is 1. The summed E-state index contributed by atoms with van der Waals surface area (Å²) in [6.07, 6.45) is 1.68. The van der Waals surface area contributed by atoms with E-state index in [0.717, 1.165) is 5.56 Å². The van der Waals surface area contributed by atoms with E-state index >= 15 is 0 Å². The number of nitrogens with two attached hydrogens (primary N) is 1. The average molecular weight is 154 g/mol. The zero-order valence-corrected chi connectivity index (χ0v) is 6.23. The number of benzene rings is 1. The van der Waals surface area contributed by atoms with Crippen molar-refractivity contribution in [1.82, 2.24) is 0 Å². The maximum Gasteiger partial charge on any atom is 0.0413 e. The smallest absolute Gasteiger partial charge is 0.0413 e. The molecule has 0 unspecified atom stereocenters. The molecule has 52 valence electrons. The molecule has 0 radical (unpaired) electrons. The van der Waals surface area contributed by atoms with Crippen LogP contribution in [0.1, 0.15) is 5.56 Å². The molecule has 2 heteroatoms. The van der Waals surface area contributed by atoms with Crippen LogP contribution in [0.15, 0.2) is 24.8 Å². The molecule has 10 heavy (non-hydrogen) atoms. The minimum Gasteiger partial charge on any atom is -0.398 e. The van der Waals surface area contributed by atoms with E-state index < -0.39 is 0 Å². The first-order valence-corrected chi connectivity index (χ1v) is 3.29. The van der Waals surface area contributed by atoms with E-state index in [4.69, 9.17) is 17.3 Å². The molecule has 0 bridgehead atoms. The Morgan fingerprint density at radius 1 is 1.50 bits per heavy atom. The average Bonchev–Trinajstić information content (AvgIpc) is 1.94. The second-order valence-electron chi connectivity index (χ2n) is 1.98. The number of hydrogen-bond donors (Lipinski definition) is 1. The second-order valence-corrected chi connectivity index (χ2v) is 2.41. The molecule has 0 saturated carbocycles. The molecule has 1 aromatic carbocycles. The molecule has 0 atom stereocenters. The largest absolute Gasteiger partial charge is 0.398 e. The standard InChI is InChI=1S/C8H8ClN/c1-2-6-5-7(9)3-4-8(6)10/h2-5H,1,10H2. The summed E-state index contributed by atoms with van der Waals surface area (Å²) in [7, 11) is 0. The molecule has 0 fully saturated rings. The fourth-order valence-corrected chi connectivity index (χ4v) is 0.903. The highest BCUT2D eigenvalue weighted by molar-refractivity contribution is 6.30. The van der Waals surface area contributed by atoms with Crippen LogP contribution in [0.5, 0.6) is 0 Å². The first kappa shape index (κ1) is 7.16. The van der Waals surface area contributed by atoms with Crippen LogP contribution in [-0.4, -0.2) is 0 Å². The van der Waals surface area contributed by atoms with E-state index in [9.17, 15) is 0 Å². The Morgan fingerprint density at radius 3 is 2.70 bits per heavy atom. The van der Waals surface area contributed by atoms with Crippen molar-refractivity contribution < 1.29 is 0 Å². The minimum atomic E-state index is 0.684. The molecule has 0 aromatic heterocycles. The van der Waals surface area contributed by atoms with Crippen molar-refractivity contribution in [2.75, 3.05) is 5.73 Å². The lowest BCUT2D eigenvalue weighted by Crippen LogP contribution is -1.87. The fourth-order valence-electron chi connectivity index (χ4n) is 0.722. The Bertz CT molecular complexity index is 255. The van der Waals surface area contributed by atoms with Gasteiger partial charge in [0, 0.05) is 10.7 Å². The van der Waals surface area contributed by atoms with Crippen molar-refractivity contribution in [1.29, 1.82) is 0 Å². The Balaban J connectivity index is 3.21. The van der Waals surface area contributed by atoms with Gasteiger partial charge in [0.1, 0.15) is 0 Å². The summed E-state index contributed by atoms with van der Waals surface area (Å²) < 4.78 is 0. The Morgan fingerprint density at radius 2 is 2.20 bits per heavy atom. The highest BCUT2D eigenvalue weighted by Crippen LogP contribution is 2.18. The van der Waals surface area contributed by atoms with Crippen LogP contribution in [-0.2, 0) is 0 Å². The monoisotopic (exact) mass is 153 g/mol. The van der Waals surface area contributed by atoms with E-state index in [0.29, 0.717) is 10.7 Å². The van der Waals surface area contributed by atoms with Gasteiger partial charge in [-0.1, -0.05) is 24.3 Å². The molecule has 0 aliphatic carbocycles. The van der Waals surface area contributed by atoms with Gasteiger partial charge < -0.3 is 5.73 Å². The van der Waals surface area contributed by atoms with Gasteiger partial charge >= 0.3 is 0 Å². The molecule has 0 heterocycles. The summed E-state index contributed by atoms with van der Waals surface area (Å²) in [5.41, 5.74) is 7.16. The maximum atomic E-state index is 5.69. The van der Waals surface area contributed by atoms with Gasteiger partial charge in [-0.3, -0.25) is 0 Å². The highest BCUT2D eigenvalue weighted by Gasteiger charge is 1.93. The van der Waals surface area contributed by atoms with Crippen molar-refractivity contribution in [2.24, 2.45) is 0 Å². The second kappa shape index (κ2) is 2.76. The predicted molar refractivity (Wildman–Crippen MR) is 46.0 cm³/mol. The van der Waals surface area contributed by atoms with Gasteiger partial charge in [0.15, 0.2) is 0 Å². The molecule has 0 spiro atoms. The van der Waals surface area contributed by atoms with E-state index in [1.807, 2.05) is 0 Å². The summed E-state index contributed by atoms with van der Waals surface area (Å²) >= 11 is 5.69.